The van der Waals surface area contributed by atoms with E-state index in [1.54, 1.807) is 4.90 Å². The molecule has 13 heteroatoms. The molecule has 0 radical (unpaired) electrons. The number of rotatable bonds is 17. The number of halogens is 3. The number of nitrogens with one attached hydrogen (secondary N) is 2. The van der Waals surface area contributed by atoms with Crippen LogP contribution >= 0.6 is 0 Å². The van der Waals surface area contributed by atoms with Gasteiger partial charge < -0.3 is 34.4 Å². The number of alkyl halides is 1. The smallest absolute Gasteiger partial charge is 0.329 e. The minimum Gasteiger partial charge on any atom is -0.480 e. The Kier molecular flexibility index (Phi) is 12.0. The number of fused-ring (bicyclic) bond motifs is 3. The van der Waals surface area contributed by atoms with Gasteiger partial charge in [0, 0.05) is 40.4 Å². The van der Waals surface area contributed by atoms with Gasteiger partial charge in [-0.25, -0.2) is 18.0 Å². The van der Waals surface area contributed by atoms with Crippen LogP contribution in [-0.4, -0.2) is 98.0 Å². The van der Waals surface area contributed by atoms with Crippen molar-refractivity contribution in [1.29, 1.82) is 0 Å². The fraction of sp³-hybridized carbons (Fsp3) is 0.500. The third kappa shape index (κ3) is 9.50. The maximum atomic E-state index is 15.8. The Morgan fingerprint density at radius 2 is 1.56 bits per heavy atom. The molecule has 0 fully saturated rings. The van der Waals surface area contributed by atoms with Crippen molar-refractivity contribution in [1.82, 2.24) is 9.88 Å². The number of hydrogen-bond donors (Lipinski definition) is 3. The normalized spacial score (nSPS) is 17.0. The number of hydrogen-bond acceptors (Lipinski definition) is 7. The molecule has 0 spiro atoms. The second-order valence-electron chi connectivity index (χ2n) is 11.5. The van der Waals surface area contributed by atoms with Crippen molar-refractivity contribution in [2.24, 2.45) is 0 Å². The van der Waals surface area contributed by atoms with Crippen molar-refractivity contribution in [2.75, 3.05) is 64.7 Å². The number of H-pyrrole nitrogens is 1. The summed E-state index contributed by atoms with van der Waals surface area (Å²) in [6.07, 6.45) is 0.591. The highest BCUT2D eigenvalue weighted by molar-refractivity contribution is 5.91. The SMILES string of the molecule is C[C@@H]1Cc2c([nH]c3ccccc23)[C@@H](c2c(F)cc(NC(=O)COCCOCCOCCOCC(=O)O)cc2F)N1CC(C)(C)F. The summed E-state index contributed by atoms with van der Waals surface area (Å²) in [5, 5.41) is 11.9. The first-order valence-electron chi connectivity index (χ1n) is 14.8. The summed E-state index contributed by atoms with van der Waals surface area (Å²) in [6, 6.07) is 8.66. The molecule has 1 aliphatic heterocycles. The Hall–Kier alpha value is -3.49. The number of carboxylic acid groups (broad SMARTS) is 1. The van der Waals surface area contributed by atoms with Gasteiger partial charge in [-0.3, -0.25) is 9.69 Å². The number of para-hydroxylation sites is 1. The van der Waals surface area contributed by atoms with Gasteiger partial charge in [0.25, 0.3) is 0 Å². The van der Waals surface area contributed by atoms with Crippen LogP contribution in [0.4, 0.5) is 18.9 Å². The molecular weight excluding hydrogens is 595 g/mol. The maximum absolute atomic E-state index is 15.8. The van der Waals surface area contributed by atoms with E-state index < -0.39 is 35.2 Å². The van der Waals surface area contributed by atoms with Gasteiger partial charge in [-0.2, -0.15) is 0 Å². The third-order valence-electron chi connectivity index (χ3n) is 7.29. The average Bonchev–Trinajstić information content (AvgIpc) is 3.32. The zero-order chi connectivity index (χ0) is 32.6. The van der Waals surface area contributed by atoms with Crippen LogP contribution in [0.15, 0.2) is 36.4 Å². The molecule has 3 N–H and O–H groups in total. The highest BCUT2D eigenvalue weighted by Crippen LogP contribution is 2.43. The summed E-state index contributed by atoms with van der Waals surface area (Å²) < 4.78 is 67.2. The van der Waals surface area contributed by atoms with Crippen LogP contribution in [-0.2, 0) is 35.0 Å². The highest BCUT2D eigenvalue weighted by atomic mass is 19.1. The van der Waals surface area contributed by atoms with E-state index in [2.05, 4.69) is 10.3 Å². The van der Waals surface area contributed by atoms with Crippen molar-refractivity contribution in [3.05, 3.63) is 64.9 Å². The number of aliphatic carboxylic acids is 1. The molecule has 45 heavy (non-hydrogen) atoms. The number of anilines is 1. The van der Waals surface area contributed by atoms with Crippen LogP contribution in [0.3, 0.4) is 0 Å². The molecule has 10 nitrogen and oxygen atoms in total. The number of aromatic amines is 1. The molecule has 3 aromatic rings. The molecule has 0 unspecified atom stereocenters. The van der Waals surface area contributed by atoms with Gasteiger partial charge >= 0.3 is 5.97 Å². The zero-order valence-electron chi connectivity index (χ0n) is 25.7. The van der Waals surface area contributed by atoms with Crippen molar-refractivity contribution in [3.8, 4) is 0 Å². The van der Waals surface area contributed by atoms with Gasteiger partial charge in [0.2, 0.25) is 5.91 Å². The lowest BCUT2D eigenvalue weighted by Crippen LogP contribution is -2.48. The lowest BCUT2D eigenvalue weighted by Gasteiger charge is -2.43. The van der Waals surface area contributed by atoms with Crippen LogP contribution in [0.1, 0.15) is 43.6 Å². The van der Waals surface area contributed by atoms with E-state index in [0.717, 1.165) is 28.6 Å². The topological polar surface area (TPSA) is 122 Å². The number of carboxylic acids is 1. The van der Waals surface area contributed by atoms with Crippen molar-refractivity contribution >= 4 is 28.5 Å². The van der Waals surface area contributed by atoms with Crippen LogP contribution in [0.2, 0.25) is 0 Å². The second kappa shape index (κ2) is 15.7. The van der Waals surface area contributed by atoms with Crippen molar-refractivity contribution in [3.63, 3.8) is 0 Å². The van der Waals surface area contributed by atoms with Crippen LogP contribution in [0.5, 0.6) is 0 Å². The minimum absolute atomic E-state index is 0.0390. The van der Waals surface area contributed by atoms with Crippen LogP contribution in [0.25, 0.3) is 10.9 Å². The number of benzene rings is 2. The van der Waals surface area contributed by atoms with Gasteiger partial charge in [0.15, 0.2) is 0 Å². The fourth-order valence-corrected chi connectivity index (χ4v) is 5.50. The van der Waals surface area contributed by atoms with Crippen molar-refractivity contribution in [2.45, 2.75) is 44.9 Å². The van der Waals surface area contributed by atoms with Crippen LogP contribution in [0, 0.1) is 11.6 Å². The predicted molar refractivity (Wildman–Crippen MR) is 161 cm³/mol. The average molecular weight is 636 g/mol. The van der Waals surface area contributed by atoms with Gasteiger partial charge in [0.05, 0.1) is 45.7 Å². The van der Waals surface area contributed by atoms with E-state index in [-0.39, 0.29) is 76.7 Å². The Morgan fingerprint density at radius 1 is 0.978 bits per heavy atom. The van der Waals surface area contributed by atoms with E-state index >= 15 is 8.78 Å². The number of carbonyl (C=O) groups is 2. The van der Waals surface area contributed by atoms with Gasteiger partial charge in [-0.1, -0.05) is 18.2 Å². The molecule has 246 valence electrons. The molecule has 0 saturated carbocycles. The fourth-order valence-electron chi connectivity index (χ4n) is 5.50. The molecule has 1 aliphatic rings. The molecule has 1 amide bonds. The molecule has 2 aromatic carbocycles. The first kappa shape index (κ1) is 34.4. The van der Waals surface area contributed by atoms with E-state index in [1.165, 1.54) is 13.8 Å². The summed E-state index contributed by atoms with van der Waals surface area (Å²) in [5.74, 6) is -3.37. The standard InChI is InChI=1S/C32H40F3N3O7/c1-20-14-23-22-6-4-5-7-26(22)37-30(23)31(38(20)19-32(2,3)35)29-24(33)15-21(16-25(29)34)36-27(39)17-44-12-10-42-8-9-43-11-13-45-18-28(40)41/h4-7,15-16,20,31,37H,8-14,17-19H2,1-3H3,(H,36,39)(H,40,41)/t20-,31-/m1/s1. The first-order chi connectivity index (χ1) is 21.4. The molecule has 4 rings (SSSR count). The monoisotopic (exact) mass is 635 g/mol. The molecule has 1 aromatic heterocycles. The summed E-state index contributed by atoms with van der Waals surface area (Å²) >= 11 is 0. The molecule has 0 aliphatic carbocycles. The van der Waals surface area contributed by atoms with Crippen LogP contribution < -0.4 is 5.32 Å². The van der Waals surface area contributed by atoms with E-state index in [9.17, 15) is 14.0 Å². The summed E-state index contributed by atoms with van der Waals surface area (Å²) in [6.45, 7) is 5.24. The molecule has 0 saturated heterocycles. The number of carbonyl (C=O) groups excluding carboxylic acids is 1. The van der Waals surface area contributed by atoms with E-state index in [4.69, 9.17) is 24.1 Å². The predicted octanol–water partition coefficient (Wildman–Crippen LogP) is 4.62. The largest absolute Gasteiger partial charge is 0.480 e. The zero-order valence-corrected chi connectivity index (χ0v) is 25.7. The van der Waals surface area contributed by atoms with Crippen molar-refractivity contribution < 1.29 is 46.8 Å². The van der Waals surface area contributed by atoms with E-state index in [1.807, 2.05) is 31.2 Å². The minimum atomic E-state index is -1.62. The Labute approximate surface area is 259 Å². The second-order valence-corrected chi connectivity index (χ2v) is 11.5. The number of aromatic nitrogens is 1. The number of amides is 1. The summed E-state index contributed by atoms with van der Waals surface area (Å²) in [5.41, 5.74) is 0.506. The third-order valence-corrected chi connectivity index (χ3v) is 7.29. The quantitative estimate of drug-likeness (QED) is 0.184. The Balaban J connectivity index is 1.34. The summed E-state index contributed by atoms with van der Waals surface area (Å²) in [4.78, 5) is 27.9. The number of nitrogens with zero attached hydrogens (tertiary/aromatic N) is 1. The molecular formula is C32H40F3N3O7. The lowest BCUT2D eigenvalue weighted by molar-refractivity contribution is -0.142. The van der Waals surface area contributed by atoms with E-state index in [0.29, 0.717) is 12.1 Å². The molecule has 0 bridgehead atoms. The van der Waals surface area contributed by atoms with Gasteiger partial charge in [-0.15, -0.1) is 0 Å². The lowest BCUT2D eigenvalue weighted by atomic mass is 9.87. The highest BCUT2D eigenvalue weighted by Gasteiger charge is 2.41. The first-order valence-corrected chi connectivity index (χ1v) is 14.8. The Morgan fingerprint density at radius 3 is 2.16 bits per heavy atom. The number of ether oxygens (including phenoxy) is 4. The molecule has 2 heterocycles. The maximum Gasteiger partial charge on any atom is 0.329 e. The van der Waals surface area contributed by atoms with Gasteiger partial charge in [-0.05, 0) is 51.0 Å². The van der Waals surface area contributed by atoms with Gasteiger partial charge in [0.1, 0.15) is 30.5 Å². The summed E-state index contributed by atoms with van der Waals surface area (Å²) in [7, 11) is 0. The Bertz CT molecular complexity index is 1440. The molecule has 2 atom stereocenters.